The lowest BCUT2D eigenvalue weighted by molar-refractivity contribution is 0.0162. The average Bonchev–Trinajstić information content (AvgIpc) is 3.11. The van der Waals surface area contributed by atoms with Gasteiger partial charge in [0, 0.05) is 23.1 Å². The number of carbonyl (C=O) groups excluding carboxylic acids is 1. The van der Waals surface area contributed by atoms with E-state index in [-0.39, 0.29) is 6.09 Å². The molecule has 176 valence electrons. The number of hydrogen-bond donors (Lipinski definition) is 0. The van der Waals surface area contributed by atoms with Gasteiger partial charge in [-0.25, -0.2) is 4.79 Å². The summed E-state index contributed by atoms with van der Waals surface area (Å²) in [5.41, 5.74) is 2.26. The Balaban J connectivity index is 1.44. The first-order valence-electron chi connectivity index (χ1n) is 11.2. The maximum atomic E-state index is 12.3. The Morgan fingerprint density at radius 1 is 1.12 bits per heavy atom. The van der Waals surface area contributed by atoms with Gasteiger partial charge in [-0.1, -0.05) is 35.3 Å². The van der Waals surface area contributed by atoms with Gasteiger partial charge in [0.15, 0.2) is 0 Å². The molecule has 0 N–H and O–H groups in total. The molecule has 3 aromatic rings. The van der Waals surface area contributed by atoms with Gasteiger partial charge in [0.2, 0.25) is 0 Å². The molecule has 2 heterocycles. The van der Waals surface area contributed by atoms with E-state index in [2.05, 4.69) is 0 Å². The zero-order valence-electron chi connectivity index (χ0n) is 19.2. The number of benzene rings is 2. The zero-order valence-corrected chi connectivity index (χ0v) is 20.7. The normalized spacial score (nSPS) is 15.1. The van der Waals surface area contributed by atoms with E-state index in [9.17, 15) is 4.79 Å². The number of carbonyl (C=O) groups is 1. The van der Waals surface area contributed by atoms with Crippen molar-refractivity contribution in [3.05, 3.63) is 58.1 Å². The summed E-state index contributed by atoms with van der Waals surface area (Å²) in [7, 11) is 0. The van der Waals surface area contributed by atoms with Crippen molar-refractivity contribution in [3.8, 4) is 6.01 Å². The molecular formula is C25H29Cl2N3O3. The molecule has 0 saturated carbocycles. The molecule has 1 saturated heterocycles. The topological polar surface area (TPSA) is 56.6 Å². The second-order valence-electron chi connectivity index (χ2n) is 9.43. The zero-order chi connectivity index (χ0) is 23.6. The number of rotatable bonds is 5. The van der Waals surface area contributed by atoms with Gasteiger partial charge in [-0.15, -0.1) is 0 Å². The molecule has 0 radical (unpaired) electrons. The quantitative estimate of drug-likeness (QED) is 0.414. The third-order valence-electron chi connectivity index (χ3n) is 5.67. The summed E-state index contributed by atoms with van der Waals surface area (Å²) in [6, 6.07) is 13.9. The van der Waals surface area contributed by atoms with Gasteiger partial charge in [0.1, 0.15) is 5.60 Å². The summed E-state index contributed by atoms with van der Waals surface area (Å²) in [6.45, 7) is 8.02. The van der Waals surface area contributed by atoms with Crippen molar-refractivity contribution >= 4 is 40.3 Å². The van der Waals surface area contributed by atoms with Gasteiger partial charge in [0.25, 0.3) is 6.01 Å². The SMILES string of the molecule is CC(C)(C)OC(=O)N1CCC(COc2nc3ccccc3n2Cc2cc(Cl)ccc2Cl)CC1. The Morgan fingerprint density at radius 2 is 1.85 bits per heavy atom. The molecule has 1 aromatic heterocycles. The molecular weight excluding hydrogens is 461 g/mol. The van der Waals surface area contributed by atoms with Gasteiger partial charge in [-0.2, -0.15) is 4.98 Å². The highest BCUT2D eigenvalue weighted by Crippen LogP contribution is 2.28. The molecule has 0 unspecified atom stereocenters. The molecule has 1 fully saturated rings. The number of aromatic nitrogens is 2. The van der Waals surface area contributed by atoms with E-state index in [0.717, 1.165) is 29.4 Å². The maximum absolute atomic E-state index is 12.3. The molecule has 0 atom stereocenters. The van der Waals surface area contributed by atoms with Crippen molar-refractivity contribution in [2.24, 2.45) is 5.92 Å². The number of nitrogens with zero attached hydrogens (tertiary/aromatic N) is 3. The Labute approximate surface area is 204 Å². The number of imidazole rings is 1. The second kappa shape index (κ2) is 9.82. The van der Waals surface area contributed by atoms with Crippen LogP contribution in [0.1, 0.15) is 39.2 Å². The van der Waals surface area contributed by atoms with Crippen LogP contribution in [0.5, 0.6) is 6.01 Å². The van der Waals surface area contributed by atoms with E-state index in [1.165, 1.54) is 0 Å². The van der Waals surface area contributed by atoms with E-state index >= 15 is 0 Å². The average molecular weight is 490 g/mol. The lowest BCUT2D eigenvalue weighted by atomic mass is 9.98. The van der Waals surface area contributed by atoms with Crippen LogP contribution in [0.25, 0.3) is 11.0 Å². The van der Waals surface area contributed by atoms with Crippen LogP contribution in [0.15, 0.2) is 42.5 Å². The molecule has 0 bridgehead atoms. The largest absolute Gasteiger partial charge is 0.464 e. The Kier molecular flexibility index (Phi) is 7.05. The summed E-state index contributed by atoms with van der Waals surface area (Å²) in [6.07, 6.45) is 1.47. The minimum absolute atomic E-state index is 0.248. The molecule has 6 nitrogen and oxygen atoms in total. The Hall–Kier alpha value is -2.44. The molecule has 1 aliphatic rings. The van der Waals surface area contributed by atoms with Gasteiger partial charge in [0.05, 0.1) is 24.2 Å². The van der Waals surface area contributed by atoms with E-state index < -0.39 is 5.60 Å². The predicted octanol–water partition coefficient (Wildman–Crippen LogP) is 6.42. The minimum atomic E-state index is -0.484. The third-order valence-corrected chi connectivity index (χ3v) is 6.27. The van der Waals surface area contributed by atoms with Crippen LogP contribution in [0.3, 0.4) is 0 Å². The number of piperidine rings is 1. The highest BCUT2D eigenvalue weighted by atomic mass is 35.5. The standard InChI is InChI=1S/C25H29Cl2N3O3/c1-25(2,3)33-24(31)29-12-10-17(11-13-29)16-32-23-28-21-6-4-5-7-22(21)30(23)15-18-14-19(26)8-9-20(18)27/h4-9,14,17H,10-13,15-16H2,1-3H3. The van der Waals surface area contributed by atoms with Crippen LogP contribution in [-0.2, 0) is 11.3 Å². The lowest BCUT2D eigenvalue weighted by Gasteiger charge is -2.33. The van der Waals surface area contributed by atoms with Crippen LogP contribution in [0.2, 0.25) is 10.0 Å². The number of amides is 1. The summed E-state index contributed by atoms with van der Waals surface area (Å²) < 4.78 is 13.7. The highest BCUT2D eigenvalue weighted by molar-refractivity contribution is 6.33. The van der Waals surface area contributed by atoms with Crippen molar-refractivity contribution in [1.29, 1.82) is 0 Å². The molecule has 4 rings (SSSR count). The first-order chi connectivity index (χ1) is 15.7. The van der Waals surface area contributed by atoms with E-state index in [0.29, 0.717) is 48.2 Å². The molecule has 33 heavy (non-hydrogen) atoms. The van der Waals surface area contributed by atoms with Crippen molar-refractivity contribution in [2.75, 3.05) is 19.7 Å². The van der Waals surface area contributed by atoms with Gasteiger partial charge >= 0.3 is 6.09 Å². The predicted molar refractivity (Wildman–Crippen MR) is 131 cm³/mol. The summed E-state index contributed by atoms with van der Waals surface area (Å²) >= 11 is 12.6. The number of para-hydroxylation sites is 2. The van der Waals surface area contributed by atoms with Gasteiger partial charge in [-0.3, -0.25) is 4.57 Å². The van der Waals surface area contributed by atoms with Crippen LogP contribution < -0.4 is 4.74 Å². The summed E-state index contributed by atoms with van der Waals surface area (Å²) in [4.78, 5) is 18.8. The number of hydrogen-bond acceptors (Lipinski definition) is 4. The van der Waals surface area contributed by atoms with Crippen molar-refractivity contribution < 1.29 is 14.3 Å². The maximum Gasteiger partial charge on any atom is 0.410 e. The Morgan fingerprint density at radius 3 is 2.58 bits per heavy atom. The van der Waals surface area contributed by atoms with E-state index in [4.69, 9.17) is 37.7 Å². The highest BCUT2D eigenvalue weighted by Gasteiger charge is 2.27. The third kappa shape index (κ3) is 5.92. The van der Waals surface area contributed by atoms with E-state index in [1.54, 1.807) is 17.0 Å². The molecule has 0 aliphatic carbocycles. The smallest absolute Gasteiger partial charge is 0.410 e. The number of likely N-dealkylation sites (tertiary alicyclic amines) is 1. The van der Waals surface area contributed by atoms with Gasteiger partial charge < -0.3 is 14.4 Å². The molecule has 8 heteroatoms. The fraction of sp³-hybridized carbons (Fsp3) is 0.440. The van der Waals surface area contributed by atoms with Gasteiger partial charge in [-0.05, 0) is 75.4 Å². The fourth-order valence-electron chi connectivity index (χ4n) is 3.95. The molecule has 0 spiro atoms. The van der Waals surface area contributed by atoms with Crippen molar-refractivity contribution in [3.63, 3.8) is 0 Å². The van der Waals surface area contributed by atoms with Crippen molar-refractivity contribution in [2.45, 2.75) is 45.8 Å². The summed E-state index contributed by atoms with van der Waals surface area (Å²) in [5.74, 6) is 0.340. The van der Waals surface area contributed by atoms with Crippen LogP contribution >= 0.6 is 23.2 Å². The fourth-order valence-corrected chi connectivity index (χ4v) is 4.32. The first-order valence-corrected chi connectivity index (χ1v) is 11.9. The Bertz CT molecular complexity index is 1130. The monoisotopic (exact) mass is 489 g/mol. The number of ether oxygens (including phenoxy) is 2. The van der Waals surface area contributed by atoms with Crippen LogP contribution in [0.4, 0.5) is 4.79 Å². The number of fused-ring (bicyclic) bond motifs is 1. The first kappa shape index (κ1) is 23.7. The molecule has 1 amide bonds. The minimum Gasteiger partial charge on any atom is -0.464 e. The van der Waals surface area contributed by atoms with E-state index in [1.807, 2.05) is 55.7 Å². The second-order valence-corrected chi connectivity index (χ2v) is 10.3. The molecule has 1 aliphatic heterocycles. The molecule has 2 aromatic carbocycles. The number of halogens is 2. The van der Waals surface area contributed by atoms with Crippen molar-refractivity contribution in [1.82, 2.24) is 14.5 Å². The summed E-state index contributed by atoms with van der Waals surface area (Å²) in [5, 5.41) is 1.29. The van der Waals surface area contributed by atoms with Crippen LogP contribution in [-0.4, -0.2) is 45.8 Å². The van der Waals surface area contributed by atoms with Crippen LogP contribution in [0, 0.1) is 5.92 Å². The lowest BCUT2D eigenvalue weighted by Crippen LogP contribution is -2.42.